The fourth-order valence-corrected chi connectivity index (χ4v) is 1.46. The van der Waals surface area contributed by atoms with Crippen LogP contribution < -0.4 is 10.0 Å². The van der Waals surface area contributed by atoms with Crippen LogP contribution in [-0.2, 0) is 6.54 Å². The number of anilines is 1. The Labute approximate surface area is 90.1 Å². The smallest absolute Gasteiger partial charge is 0.0452 e. The maximum Gasteiger partial charge on any atom is 0.0452 e. The molecule has 0 radical (unpaired) electrons. The van der Waals surface area contributed by atoms with Crippen molar-refractivity contribution >= 4 is 17.8 Å². The summed E-state index contributed by atoms with van der Waals surface area (Å²) in [4.78, 5) is 0. The van der Waals surface area contributed by atoms with Crippen molar-refractivity contribution in [3.05, 3.63) is 29.8 Å². The summed E-state index contributed by atoms with van der Waals surface area (Å²) in [6.07, 6.45) is 0. The first-order valence-corrected chi connectivity index (χ1v) is 5.33. The molecule has 0 spiro atoms. The van der Waals surface area contributed by atoms with E-state index in [4.69, 9.17) is 0 Å². The molecule has 0 saturated heterocycles. The zero-order valence-corrected chi connectivity index (χ0v) is 9.69. The van der Waals surface area contributed by atoms with Crippen LogP contribution in [0.25, 0.3) is 0 Å². The molecule has 14 heavy (non-hydrogen) atoms. The van der Waals surface area contributed by atoms with Crippen molar-refractivity contribution in [3.63, 3.8) is 0 Å². The highest BCUT2D eigenvalue weighted by atomic mass is 32.2. The normalized spacial score (nSPS) is 10.6. The van der Waals surface area contributed by atoms with Crippen molar-refractivity contribution in [1.29, 1.82) is 0 Å². The molecular weight excluding hydrogens is 194 g/mol. The predicted octanol–water partition coefficient (Wildman–Crippen LogP) is 1.94. The lowest BCUT2D eigenvalue weighted by Gasteiger charge is -2.10. The molecule has 0 amide bonds. The zero-order valence-electron chi connectivity index (χ0n) is 8.87. The van der Waals surface area contributed by atoms with Crippen LogP contribution in [0.4, 0.5) is 5.69 Å². The average Bonchev–Trinajstić information content (AvgIpc) is 2.17. The van der Waals surface area contributed by atoms with Crippen LogP contribution in [0.3, 0.4) is 0 Å². The number of rotatable bonds is 5. The number of nitrogens with zero attached hydrogens (tertiary/aromatic N) is 1. The molecule has 0 unspecified atom stereocenters. The number of hydrogen-bond donors (Lipinski definition) is 2. The molecule has 3 nitrogen and oxygen atoms in total. The first-order chi connectivity index (χ1) is 6.72. The molecule has 2 N–H and O–H groups in total. The highest BCUT2D eigenvalue weighted by Crippen LogP contribution is 2.14. The second-order valence-corrected chi connectivity index (χ2v) is 4.35. The Morgan fingerprint density at radius 3 is 2.36 bits per heavy atom. The Morgan fingerprint density at radius 2 is 1.86 bits per heavy atom. The van der Waals surface area contributed by atoms with Gasteiger partial charge in [0.1, 0.15) is 0 Å². The van der Waals surface area contributed by atoms with Gasteiger partial charge in [0, 0.05) is 24.4 Å². The third-order valence-corrected chi connectivity index (χ3v) is 2.37. The van der Waals surface area contributed by atoms with Crippen LogP contribution in [-0.4, -0.2) is 25.4 Å². The molecule has 4 heteroatoms. The van der Waals surface area contributed by atoms with Crippen molar-refractivity contribution in [2.24, 2.45) is 0 Å². The lowest BCUT2D eigenvalue weighted by Crippen LogP contribution is -2.05. The van der Waals surface area contributed by atoms with Crippen LogP contribution in [0.5, 0.6) is 0 Å². The van der Waals surface area contributed by atoms with Crippen LogP contribution in [0.15, 0.2) is 24.3 Å². The van der Waals surface area contributed by atoms with E-state index in [2.05, 4.69) is 34.3 Å². The Hall–Kier alpha value is -0.710. The van der Waals surface area contributed by atoms with E-state index in [1.165, 1.54) is 5.56 Å². The lowest BCUT2D eigenvalue weighted by atomic mass is 10.2. The van der Waals surface area contributed by atoms with Crippen molar-refractivity contribution in [1.82, 2.24) is 9.62 Å². The van der Waals surface area contributed by atoms with E-state index in [0.717, 1.165) is 12.2 Å². The first-order valence-electron chi connectivity index (χ1n) is 4.56. The molecule has 1 aromatic rings. The summed E-state index contributed by atoms with van der Waals surface area (Å²) in [6.45, 7) is 0.918. The average molecular weight is 211 g/mol. The van der Waals surface area contributed by atoms with Crippen molar-refractivity contribution < 1.29 is 0 Å². The van der Waals surface area contributed by atoms with Crippen molar-refractivity contribution in [3.8, 4) is 0 Å². The van der Waals surface area contributed by atoms with Gasteiger partial charge in [-0.2, -0.15) is 0 Å². The summed E-state index contributed by atoms with van der Waals surface area (Å²) in [5, 5.41) is 3.12. The maximum absolute atomic E-state index is 3.24. The fourth-order valence-electron chi connectivity index (χ4n) is 1.04. The topological polar surface area (TPSA) is 27.3 Å². The van der Waals surface area contributed by atoms with Gasteiger partial charge in [-0.05, 0) is 38.8 Å². The molecule has 1 aromatic carbocycles. The fraction of sp³-hybridized carbons (Fsp3) is 0.400. The van der Waals surface area contributed by atoms with Gasteiger partial charge in [-0.1, -0.05) is 12.1 Å². The van der Waals surface area contributed by atoms with Gasteiger partial charge in [-0.15, -0.1) is 0 Å². The van der Waals surface area contributed by atoms with E-state index in [-0.39, 0.29) is 0 Å². The Kier molecular flexibility index (Phi) is 4.79. The summed E-state index contributed by atoms with van der Waals surface area (Å²) in [6, 6.07) is 8.41. The SMILES string of the molecule is CNCc1ccc(NSN(C)C)cc1. The van der Waals surface area contributed by atoms with Crippen LogP contribution in [0.2, 0.25) is 0 Å². The van der Waals surface area contributed by atoms with E-state index < -0.39 is 0 Å². The monoisotopic (exact) mass is 211 g/mol. The highest BCUT2D eigenvalue weighted by molar-refractivity contribution is 7.98. The van der Waals surface area contributed by atoms with Crippen LogP contribution in [0, 0.1) is 0 Å². The minimum Gasteiger partial charge on any atom is -0.317 e. The zero-order chi connectivity index (χ0) is 10.4. The third-order valence-electron chi connectivity index (χ3n) is 1.68. The maximum atomic E-state index is 3.24. The van der Waals surface area contributed by atoms with Crippen molar-refractivity contribution in [2.75, 3.05) is 25.9 Å². The Balaban J connectivity index is 2.46. The van der Waals surface area contributed by atoms with E-state index >= 15 is 0 Å². The Bertz CT molecular complexity index is 259. The van der Waals surface area contributed by atoms with Gasteiger partial charge in [0.05, 0.1) is 0 Å². The summed E-state index contributed by atoms with van der Waals surface area (Å²) < 4.78 is 5.25. The van der Waals surface area contributed by atoms with Gasteiger partial charge in [-0.3, -0.25) is 0 Å². The molecule has 0 atom stereocenters. The third kappa shape index (κ3) is 4.00. The van der Waals surface area contributed by atoms with Crippen LogP contribution in [0.1, 0.15) is 5.56 Å². The minimum absolute atomic E-state index is 0.918. The molecule has 78 valence electrons. The largest absolute Gasteiger partial charge is 0.317 e. The Morgan fingerprint density at radius 1 is 1.21 bits per heavy atom. The van der Waals surface area contributed by atoms with Gasteiger partial charge in [0.15, 0.2) is 0 Å². The molecule has 0 bridgehead atoms. The molecule has 0 fully saturated rings. The molecule has 0 aliphatic carbocycles. The van der Waals surface area contributed by atoms with E-state index in [9.17, 15) is 0 Å². The number of hydrogen-bond acceptors (Lipinski definition) is 4. The highest BCUT2D eigenvalue weighted by Gasteiger charge is 1.94. The standard InChI is InChI=1S/C10H17N3S/c1-11-8-9-4-6-10(7-5-9)12-14-13(2)3/h4-7,11-12H,8H2,1-3H3. The lowest BCUT2D eigenvalue weighted by molar-refractivity contribution is 0.706. The van der Waals surface area contributed by atoms with Gasteiger partial charge in [-0.25, -0.2) is 4.31 Å². The predicted molar refractivity (Wildman–Crippen MR) is 64.1 cm³/mol. The molecule has 0 saturated carbocycles. The second kappa shape index (κ2) is 5.90. The van der Waals surface area contributed by atoms with Crippen LogP contribution >= 0.6 is 12.1 Å². The van der Waals surface area contributed by atoms with Gasteiger partial charge < -0.3 is 10.0 Å². The van der Waals surface area contributed by atoms with Gasteiger partial charge in [0.25, 0.3) is 0 Å². The summed E-state index contributed by atoms with van der Waals surface area (Å²) in [5.74, 6) is 0. The molecule has 1 rings (SSSR count). The molecule has 0 aliphatic rings. The van der Waals surface area contributed by atoms with E-state index in [0.29, 0.717) is 0 Å². The molecule has 0 aromatic heterocycles. The summed E-state index contributed by atoms with van der Waals surface area (Å²) in [7, 11) is 5.97. The van der Waals surface area contributed by atoms with Gasteiger partial charge >= 0.3 is 0 Å². The van der Waals surface area contributed by atoms with E-state index in [1.54, 1.807) is 12.1 Å². The number of nitrogens with one attached hydrogen (secondary N) is 2. The second-order valence-electron chi connectivity index (χ2n) is 3.23. The molecule has 0 heterocycles. The summed E-state index contributed by atoms with van der Waals surface area (Å²) in [5.41, 5.74) is 2.43. The van der Waals surface area contributed by atoms with Crippen molar-refractivity contribution in [2.45, 2.75) is 6.54 Å². The van der Waals surface area contributed by atoms with E-state index in [1.807, 2.05) is 25.4 Å². The number of benzene rings is 1. The molecular formula is C10H17N3S. The molecule has 0 aliphatic heterocycles. The summed E-state index contributed by atoms with van der Waals surface area (Å²) >= 11 is 1.57. The quantitative estimate of drug-likeness (QED) is 0.728. The first kappa shape index (κ1) is 11.4. The minimum atomic E-state index is 0.918. The van der Waals surface area contributed by atoms with Gasteiger partial charge in [0.2, 0.25) is 0 Å².